The molecule has 0 aliphatic heterocycles. The van der Waals surface area contributed by atoms with Gasteiger partial charge < -0.3 is 10.4 Å². The van der Waals surface area contributed by atoms with Crippen molar-refractivity contribution in [2.45, 2.75) is 6.92 Å². The van der Waals surface area contributed by atoms with E-state index in [2.05, 4.69) is 5.32 Å². The minimum absolute atomic E-state index is 0.212. The number of nitrogens with one attached hydrogen (secondary N) is 1. The summed E-state index contributed by atoms with van der Waals surface area (Å²) in [5.74, 6) is -1.20. The van der Waals surface area contributed by atoms with Crippen LogP contribution in [-0.4, -0.2) is 17.0 Å². The second-order valence-electron chi connectivity index (χ2n) is 5.28. The number of hydrogen-bond acceptors (Lipinski definition) is 2. The predicted octanol–water partition coefficient (Wildman–Crippen LogP) is 4.10. The Morgan fingerprint density at radius 3 is 2.17 bits per heavy atom. The van der Waals surface area contributed by atoms with Crippen molar-refractivity contribution in [3.63, 3.8) is 0 Å². The summed E-state index contributed by atoms with van der Waals surface area (Å²) in [5.41, 5.74) is 2.30. The Kier molecular flexibility index (Phi) is 3.81. The predicted molar refractivity (Wildman–Crippen MR) is 90.0 cm³/mol. The molecule has 23 heavy (non-hydrogen) atoms. The smallest absolute Gasteiger partial charge is 0.336 e. The van der Waals surface area contributed by atoms with Crippen LogP contribution in [0.3, 0.4) is 0 Å². The van der Waals surface area contributed by atoms with Gasteiger partial charge in [0.15, 0.2) is 0 Å². The van der Waals surface area contributed by atoms with Crippen LogP contribution in [0.5, 0.6) is 0 Å². The lowest BCUT2D eigenvalue weighted by molar-refractivity contribution is 0.0699. The van der Waals surface area contributed by atoms with Crippen molar-refractivity contribution in [3.05, 3.63) is 77.4 Å². The highest BCUT2D eigenvalue weighted by atomic mass is 16.4. The van der Waals surface area contributed by atoms with E-state index in [9.17, 15) is 14.7 Å². The minimum atomic E-state index is -0.988. The van der Waals surface area contributed by atoms with Gasteiger partial charge in [-0.25, -0.2) is 4.79 Å². The largest absolute Gasteiger partial charge is 0.478 e. The standard InChI is InChI=1S/C19H15NO3/c1-12-6-2-3-7-13(12)18(21)20-17-11-10-16(19(22)23)14-8-4-5-9-15(14)17/h2-11H,1H3,(H,20,21)(H,22,23). The first-order valence-corrected chi connectivity index (χ1v) is 7.20. The molecule has 0 bridgehead atoms. The molecule has 0 radical (unpaired) electrons. The second kappa shape index (κ2) is 5.93. The molecule has 114 valence electrons. The Hall–Kier alpha value is -3.14. The number of aromatic carboxylic acids is 1. The fourth-order valence-electron chi connectivity index (χ4n) is 2.61. The molecule has 3 aromatic carbocycles. The number of benzene rings is 3. The van der Waals surface area contributed by atoms with Gasteiger partial charge in [0.2, 0.25) is 0 Å². The Balaban J connectivity index is 2.05. The zero-order chi connectivity index (χ0) is 16.4. The molecule has 2 N–H and O–H groups in total. The van der Waals surface area contributed by atoms with E-state index in [1.807, 2.05) is 31.2 Å². The molecule has 0 spiro atoms. The lowest BCUT2D eigenvalue weighted by Gasteiger charge is -2.11. The first kappa shape index (κ1) is 14.8. The van der Waals surface area contributed by atoms with Crippen molar-refractivity contribution in [1.82, 2.24) is 0 Å². The number of carboxylic acids is 1. The summed E-state index contributed by atoms with van der Waals surface area (Å²) in [6, 6.07) is 17.6. The van der Waals surface area contributed by atoms with E-state index < -0.39 is 5.97 Å². The van der Waals surface area contributed by atoms with E-state index >= 15 is 0 Å². The topological polar surface area (TPSA) is 66.4 Å². The van der Waals surface area contributed by atoms with Gasteiger partial charge in [-0.2, -0.15) is 0 Å². The average Bonchev–Trinajstić information content (AvgIpc) is 2.55. The quantitative estimate of drug-likeness (QED) is 0.765. The van der Waals surface area contributed by atoms with E-state index in [1.165, 1.54) is 6.07 Å². The van der Waals surface area contributed by atoms with Crippen molar-refractivity contribution >= 4 is 28.3 Å². The van der Waals surface area contributed by atoms with Gasteiger partial charge in [-0.1, -0.05) is 42.5 Å². The number of anilines is 1. The maximum Gasteiger partial charge on any atom is 0.336 e. The normalized spacial score (nSPS) is 10.5. The second-order valence-corrected chi connectivity index (χ2v) is 5.28. The lowest BCUT2D eigenvalue weighted by Crippen LogP contribution is -2.13. The number of carbonyl (C=O) groups excluding carboxylic acids is 1. The van der Waals surface area contributed by atoms with Crippen LogP contribution in [0.4, 0.5) is 5.69 Å². The SMILES string of the molecule is Cc1ccccc1C(=O)Nc1ccc(C(=O)O)c2ccccc12. The van der Waals surface area contributed by atoms with E-state index in [4.69, 9.17) is 0 Å². The highest BCUT2D eigenvalue weighted by Crippen LogP contribution is 2.27. The number of fused-ring (bicyclic) bond motifs is 1. The fraction of sp³-hybridized carbons (Fsp3) is 0.0526. The minimum Gasteiger partial charge on any atom is -0.478 e. The molecular weight excluding hydrogens is 290 g/mol. The number of hydrogen-bond donors (Lipinski definition) is 2. The first-order valence-electron chi connectivity index (χ1n) is 7.20. The third-order valence-electron chi connectivity index (χ3n) is 3.79. The van der Waals surface area contributed by atoms with Crippen LogP contribution < -0.4 is 5.32 Å². The molecule has 0 saturated carbocycles. The molecule has 0 aromatic heterocycles. The van der Waals surface area contributed by atoms with E-state index in [0.29, 0.717) is 22.0 Å². The van der Waals surface area contributed by atoms with Gasteiger partial charge in [-0.15, -0.1) is 0 Å². The highest BCUT2D eigenvalue weighted by molar-refractivity contribution is 6.13. The Labute approximate surface area is 133 Å². The van der Waals surface area contributed by atoms with Crippen molar-refractivity contribution in [2.24, 2.45) is 0 Å². The fourth-order valence-corrected chi connectivity index (χ4v) is 2.61. The maximum absolute atomic E-state index is 12.5. The maximum atomic E-state index is 12.5. The Morgan fingerprint density at radius 2 is 1.48 bits per heavy atom. The molecule has 3 rings (SSSR count). The summed E-state index contributed by atoms with van der Waals surface area (Å²) in [6.07, 6.45) is 0. The summed E-state index contributed by atoms with van der Waals surface area (Å²) in [4.78, 5) is 23.8. The van der Waals surface area contributed by atoms with Crippen molar-refractivity contribution in [2.75, 3.05) is 5.32 Å². The number of amides is 1. The molecular formula is C19H15NO3. The van der Waals surface area contributed by atoms with Gasteiger partial charge in [-0.3, -0.25) is 4.79 Å². The monoisotopic (exact) mass is 305 g/mol. The van der Waals surface area contributed by atoms with Crippen molar-refractivity contribution in [3.8, 4) is 0 Å². The summed E-state index contributed by atoms with van der Waals surface area (Å²) < 4.78 is 0. The lowest BCUT2D eigenvalue weighted by atomic mass is 10.0. The number of carboxylic acid groups (broad SMARTS) is 1. The van der Waals surface area contributed by atoms with E-state index in [-0.39, 0.29) is 11.5 Å². The van der Waals surface area contributed by atoms with E-state index in [0.717, 1.165) is 5.56 Å². The third-order valence-corrected chi connectivity index (χ3v) is 3.79. The number of rotatable bonds is 3. The van der Waals surface area contributed by atoms with Gasteiger partial charge in [0.25, 0.3) is 5.91 Å². The summed E-state index contributed by atoms with van der Waals surface area (Å²) in [5, 5.41) is 13.5. The molecule has 0 heterocycles. The zero-order valence-electron chi connectivity index (χ0n) is 12.5. The number of carbonyl (C=O) groups is 2. The Morgan fingerprint density at radius 1 is 0.826 bits per heavy atom. The van der Waals surface area contributed by atoms with Gasteiger partial charge in [0.1, 0.15) is 0 Å². The molecule has 0 aliphatic rings. The molecule has 4 heteroatoms. The third kappa shape index (κ3) is 2.79. The first-order chi connectivity index (χ1) is 11.1. The molecule has 0 atom stereocenters. The molecule has 0 unspecified atom stereocenters. The van der Waals surface area contributed by atoms with Crippen LogP contribution in [0, 0.1) is 6.92 Å². The van der Waals surface area contributed by atoms with Crippen LogP contribution in [0.2, 0.25) is 0 Å². The van der Waals surface area contributed by atoms with Crippen LogP contribution in [0.1, 0.15) is 26.3 Å². The molecule has 3 aromatic rings. The van der Waals surface area contributed by atoms with Crippen LogP contribution in [-0.2, 0) is 0 Å². The van der Waals surface area contributed by atoms with Crippen molar-refractivity contribution in [1.29, 1.82) is 0 Å². The molecule has 0 saturated heterocycles. The molecule has 0 fully saturated rings. The molecule has 4 nitrogen and oxygen atoms in total. The summed E-state index contributed by atoms with van der Waals surface area (Å²) in [7, 11) is 0. The zero-order valence-corrected chi connectivity index (χ0v) is 12.5. The van der Waals surface area contributed by atoms with Crippen LogP contribution >= 0.6 is 0 Å². The van der Waals surface area contributed by atoms with E-state index in [1.54, 1.807) is 30.3 Å². The average molecular weight is 305 g/mol. The molecule has 1 amide bonds. The van der Waals surface area contributed by atoms with Gasteiger partial charge in [-0.05, 0) is 36.1 Å². The Bertz CT molecular complexity index is 915. The summed E-state index contributed by atoms with van der Waals surface area (Å²) >= 11 is 0. The van der Waals surface area contributed by atoms with Gasteiger partial charge in [0, 0.05) is 16.6 Å². The van der Waals surface area contributed by atoms with Gasteiger partial charge in [0.05, 0.1) is 5.56 Å². The van der Waals surface area contributed by atoms with Crippen LogP contribution in [0.15, 0.2) is 60.7 Å². The van der Waals surface area contributed by atoms with Gasteiger partial charge >= 0.3 is 5.97 Å². The van der Waals surface area contributed by atoms with Crippen LogP contribution in [0.25, 0.3) is 10.8 Å². The molecule has 0 aliphatic carbocycles. The summed E-state index contributed by atoms with van der Waals surface area (Å²) in [6.45, 7) is 1.88. The van der Waals surface area contributed by atoms with Crippen molar-refractivity contribution < 1.29 is 14.7 Å². The highest BCUT2D eigenvalue weighted by Gasteiger charge is 2.14. The number of aryl methyl sites for hydroxylation is 1.